The Morgan fingerprint density at radius 1 is 1.25 bits per heavy atom. The molecule has 0 fully saturated rings. The highest BCUT2D eigenvalue weighted by Crippen LogP contribution is 2.00. The van der Waals surface area contributed by atoms with Gasteiger partial charge in [0, 0.05) is 20.3 Å². The molecule has 0 aliphatic rings. The molecule has 0 aliphatic heterocycles. The van der Waals surface area contributed by atoms with Gasteiger partial charge in [-0.2, -0.15) is 0 Å². The van der Waals surface area contributed by atoms with Gasteiger partial charge in [-0.25, -0.2) is 0 Å². The molecule has 90 valence electrons. The molecule has 0 bridgehead atoms. The number of amides is 1. The van der Waals surface area contributed by atoms with Crippen molar-refractivity contribution in [3.8, 4) is 0 Å². The highest BCUT2D eigenvalue weighted by atomic mass is 16.2. The van der Waals surface area contributed by atoms with Gasteiger partial charge in [-0.05, 0) is 24.5 Å². The molecule has 0 atom stereocenters. The lowest BCUT2D eigenvalue weighted by Gasteiger charge is -2.08. The molecule has 1 aromatic rings. The fourth-order valence-electron chi connectivity index (χ4n) is 0.823. The minimum atomic E-state index is -0.0602. The number of aryl methyl sites for hydroxylation is 1. The van der Waals surface area contributed by atoms with Gasteiger partial charge in [0.15, 0.2) is 0 Å². The Morgan fingerprint density at radius 2 is 1.75 bits per heavy atom. The van der Waals surface area contributed by atoms with Crippen molar-refractivity contribution in [2.75, 3.05) is 14.1 Å². The molecular formula is C13H22N2O. The zero-order valence-corrected chi connectivity index (χ0v) is 11.1. The van der Waals surface area contributed by atoms with Crippen LogP contribution in [0.25, 0.3) is 0 Å². The van der Waals surface area contributed by atoms with E-state index in [1.165, 1.54) is 4.90 Å². The number of aromatic nitrogens is 1. The molecule has 0 spiro atoms. The normalized spacial score (nSPS) is 9.44. The topological polar surface area (TPSA) is 33.2 Å². The van der Waals surface area contributed by atoms with Gasteiger partial charge in [0.1, 0.15) is 5.69 Å². The second kappa shape index (κ2) is 6.99. The first-order valence-corrected chi connectivity index (χ1v) is 5.49. The SMILES string of the molecule is CC(C)C.Cc1ccc(C(=O)N(C)C)nc1. The predicted molar refractivity (Wildman–Crippen MR) is 67.5 cm³/mol. The van der Waals surface area contributed by atoms with Crippen LogP contribution in [0.5, 0.6) is 0 Å². The first-order chi connectivity index (χ1) is 7.34. The minimum Gasteiger partial charge on any atom is -0.343 e. The quantitative estimate of drug-likeness (QED) is 0.732. The Labute approximate surface area is 98.5 Å². The van der Waals surface area contributed by atoms with Crippen molar-refractivity contribution in [1.29, 1.82) is 0 Å². The van der Waals surface area contributed by atoms with Crippen molar-refractivity contribution >= 4 is 5.91 Å². The molecule has 16 heavy (non-hydrogen) atoms. The molecule has 3 nitrogen and oxygen atoms in total. The van der Waals surface area contributed by atoms with Crippen LogP contribution in [0.3, 0.4) is 0 Å². The number of hydrogen-bond acceptors (Lipinski definition) is 2. The number of carbonyl (C=O) groups excluding carboxylic acids is 1. The van der Waals surface area contributed by atoms with Gasteiger partial charge in [-0.1, -0.05) is 26.8 Å². The van der Waals surface area contributed by atoms with Crippen molar-refractivity contribution in [1.82, 2.24) is 9.88 Å². The lowest BCUT2D eigenvalue weighted by Crippen LogP contribution is -2.22. The van der Waals surface area contributed by atoms with E-state index in [2.05, 4.69) is 25.8 Å². The molecule has 0 N–H and O–H groups in total. The monoisotopic (exact) mass is 222 g/mol. The highest BCUT2D eigenvalue weighted by Gasteiger charge is 2.07. The number of hydrogen-bond donors (Lipinski definition) is 0. The lowest BCUT2D eigenvalue weighted by atomic mass is 10.2. The smallest absolute Gasteiger partial charge is 0.271 e. The summed E-state index contributed by atoms with van der Waals surface area (Å²) < 4.78 is 0. The Balaban J connectivity index is 0.000000487. The Morgan fingerprint density at radius 3 is 2.06 bits per heavy atom. The predicted octanol–water partition coefficient (Wildman–Crippen LogP) is 2.75. The molecule has 1 heterocycles. The van der Waals surface area contributed by atoms with Crippen LogP contribution in [0.15, 0.2) is 18.3 Å². The summed E-state index contributed by atoms with van der Waals surface area (Å²) in [7, 11) is 3.42. The summed E-state index contributed by atoms with van der Waals surface area (Å²) in [6.07, 6.45) is 1.69. The average Bonchev–Trinajstić information content (AvgIpc) is 2.17. The molecule has 3 heteroatoms. The van der Waals surface area contributed by atoms with Gasteiger partial charge in [0.25, 0.3) is 5.91 Å². The first-order valence-electron chi connectivity index (χ1n) is 5.49. The fraction of sp³-hybridized carbons (Fsp3) is 0.538. The second-order valence-corrected chi connectivity index (χ2v) is 4.65. The molecule has 0 saturated carbocycles. The molecule has 0 aliphatic carbocycles. The minimum absolute atomic E-state index is 0.0602. The molecule has 1 amide bonds. The fourth-order valence-corrected chi connectivity index (χ4v) is 0.823. The summed E-state index contributed by atoms with van der Waals surface area (Å²) in [6.45, 7) is 8.44. The van der Waals surface area contributed by atoms with E-state index in [4.69, 9.17) is 0 Å². The van der Waals surface area contributed by atoms with Crippen LogP contribution >= 0.6 is 0 Å². The van der Waals surface area contributed by atoms with E-state index < -0.39 is 0 Å². The third-order valence-corrected chi connectivity index (χ3v) is 1.54. The third-order valence-electron chi connectivity index (χ3n) is 1.54. The zero-order chi connectivity index (χ0) is 12.7. The van der Waals surface area contributed by atoms with E-state index in [0.29, 0.717) is 5.69 Å². The molecule has 1 aromatic heterocycles. The molecule has 0 aromatic carbocycles. The molecule has 1 rings (SSSR count). The van der Waals surface area contributed by atoms with E-state index in [1.807, 2.05) is 13.0 Å². The largest absolute Gasteiger partial charge is 0.343 e. The van der Waals surface area contributed by atoms with Gasteiger partial charge in [-0.3, -0.25) is 9.78 Å². The number of rotatable bonds is 1. The van der Waals surface area contributed by atoms with Crippen LogP contribution in [0.4, 0.5) is 0 Å². The molecular weight excluding hydrogens is 200 g/mol. The van der Waals surface area contributed by atoms with E-state index in [9.17, 15) is 4.79 Å². The maximum absolute atomic E-state index is 11.3. The molecule has 0 radical (unpaired) electrons. The summed E-state index contributed by atoms with van der Waals surface area (Å²) in [5, 5.41) is 0. The van der Waals surface area contributed by atoms with Gasteiger partial charge in [-0.15, -0.1) is 0 Å². The standard InChI is InChI=1S/C9H12N2O.C4H10/c1-7-4-5-8(10-6-7)9(12)11(2)3;1-4(2)3/h4-6H,1-3H3;4H,1-3H3. The van der Waals surface area contributed by atoms with Gasteiger partial charge >= 0.3 is 0 Å². The first kappa shape index (κ1) is 14.6. The Bertz CT molecular complexity index is 312. The summed E-state index contributed by atoms with van der Waals surface area (Å²) >= 11 is 0. The van der Waals surface area contributed by atoms with Crippen LogP contribution in [-0.2, 0) is 0 Å². The van der Waals surface area contributed by atoms with E-state index in [1.54, 1.807) is 26.4 Å². The highest BCUT2D eigenvalue weighted by molar-refractivity contribution is 5.91. The van der Waals surface area contributed by atoms with Crippen LogP contribution < -0.4 is 0 Å². The van der Waals surface area contributed by atoms with Crippen molar-refractivity contribution in [2.24, 2.45) is 5.92 Å². The zero-order valence-electron chi connectivity index (χ0n) is 11.1. The van der Waals surface area contributed by atoms with Crippen molar-refractivity contribution in [2.45, 2.75) is 27.7 Å². The third kappa shape index (κ3) is 6.17. The maximum Gasteiger partial charge on any atom is 0.271 e. The molecule has 0 saturated heterocycles. The van der Waals surface area contributed by atoms with Gasteiger partial charge in [0.05, 0.1) is 0 Å². The van der Waals surface area contributed by atoms with Crippen molar-refractivity contribution < 1.29 is 4.79 Å². The maximum atomic E-state index is 11.3. The second-order valence-electron chi connectivity index (χ2n) is 4.65. The molecule has 0 unspecified atom stereocenters. The average molecular weight is 222 g/mol. The van der Waals surface area contributed by atoms with E-state index in [-0.39, 0.29) is 5.91 Å². The van der Waals surface area contributed by atoms with Crippen LogP contribution in [0, 0.1) is 12.8 Å². The number of carbonyl (C=O) groups is 1. The summed E-state index contributed by atoms with van der Waals surface area (Å²) in [4.78, 5) is 16.8. The lowest BCUT2D eigenvalue weighted by molar-refractivity contribution is 0.0822. The van der Waals surface area contributed by atoms with Crippen LogP contribution in [0.2, 0.25) is 0 Å². The number of pyridine rings is 1. The summed E-state index contributed by atoms with van der Waals surface area (Å²) in [5.41, 5.74) is 1.55. The van der Waals surface area contributed by atoms with E-state index in [0.717, 1.165) is 11.5 Å². The van der Waals surface area contributed by atoms with Crippen LogP contribution in [-0.4, -0.2) is 29.9 Å². The summed E-state index contributed by atoms with van der Waals surface area (Å²) in [5.74, 6) is 0.773. The van der Waals surface area contributed by atoms with Crippen molar-refractivity contribution in [3.63, 3.8) is 0 Å². The van der Waals surface area contributed by atoms with Gasteiger partial charge in [0.2, 0.25) is 0 Å². The summed E-state index contributed by atoms with van der Waals surface area (Å²) in [6, 6.07) is 3.61. The number of nitrogens with zero attached hydrogens (tertiary/aromatic N) is 2. The van der Waals surface area contributed by atoms with E-state index >= 15 is 0 Å². The van der Waals surface area contributed by atoms with Crippen molar-refractivity contribution in [3.05, 3.63) is 29.6 Å². The van der Waals surface area contributed by atoms with Gasteiger partial charge < -0.3 is 4.90 Å². The van der Waals surface area contributed by atoms with Crippen LogP contribution in [0.1, 0.15) is 36.8 Å². The Hall–Kier alpha value is -1.38. The Kier molecular flexibility index (Phi) is 6.38.